The van der Waals surface area contributed by atoms with Gasteiger partial charge in [-0.1, -0.05) is 23.7 Å². The lowest BCUT2D eigenvalue weighted by atomic mass is 10.1. The van der Waals surface area contributed by atoms with E-state index in [1.807, 2.05) is 6.92 Å². The van der Waals surface area contributed by atoms with Crippen molar-refractivity contribution in [1.29, 1.82) is 0 Å². The highest BCUT2D eigenvalue weighted by Gasteiger charge is 2.16. The molecule has 0 spiro atoms. The van der Waals surface area contributed by atoms with Crippen LogP contribution < -0.4 is 25.8 Å². The maximum atomic E-state index is 12.2. The van der Waals surface area contributed by atoms with Crippen molar-refractivity contribution in [3.8, 4) is 11.5 Å². The molecule has 0 saturated carbocycles. The number of nitrogens with two attached hydrogens (primary N) is 1. The lowest BCUT2D eigenvalue weighted by Crippen LogP contribution is -2.24. The highest BCUT2D eigenvalue weighted by molar-refractivity contribution is 6.32. The molecule has 0 saturated heterocycles. The van der Waals surface area contributed by atoms with Gasteiger partial charge in [0, 0.05) is 11.8 Å². The molecule has 146 valence electrons. The van der Waals surface area contributed by atoms with Gasteiger partial charge >= 0.3 is 6.03 Å². The van der Waals surface area contributed by atoms with Crippen LogP contribution in [0.15, 0.2) is 42.5 Å². The highest BCUT2D eigenvalue weighted by atomic mass is 35.5. The Hall–Kier alpha value is -3.19. The zero-order valence-electron chi connectivity index (χ0n) is 15.2. The van der Waals surface area contributed by atoms with E-state index in [-0.39, 0.29) is 11.9 Å². The summed E-state index contributed by atoms with van der Waals surface area (Å²) in [5.74, 6) is 0.840. The van der Waals surface area contributed by atoms with Gasteiger partial charge in [0.1, 0.15) is 13.2 Å². The molecule has 8 heteroatoms. The second-order valence-corrected chi connectivity index (χ2v) is 6.61. The second-order valence-electron chi connectivity index (χ2n) is 6.20. The Morgan fingerprint density at radius 1 is 1.18 bits per heavy atom. The van der Waals surface area contributed by atoms with Crippen molar-refractivity contribution in [2.45, 2.75) is 13.0 Å². The number of urea groups is 1. The van der Waals surface area contributed by atoms with Crippen LogP contribution in [0.2, 0.25) is 5.02 Å². The molecule has 3 rings (SSSR count). The van der Waals surface area contributed by atoms with Gasteiger partial charge in [-0.15, -0.1) is 0 Å². The van der Waals surface area contributed by atoms with Crippen molar-refractivity contribution in [1.82, 2.24) is 5.32 Å². The monoisotopic (exact) mass is 401 g/mol. The predicted octanol–water partition coefficient (Wildman–Crippen LogP) is 3.49. The summed E-state index contributed by atoms with van der Waals surface area (Å²) in [7, 11) is 0. The summed E-state index contributed by atoms with van der Waals surface area (Å²) in [6.45, 7) is 2.78. The van der Waals surface area contributed by atoms with Crippen LogP contribution in [0.4, 0.5) is 10.5 Å². The number of halogens is 1. The van der Waals surface area contributed by atoms with E-state index in [1.54, 1.807) is 42.5 Å². The van der Waals surface area contributed by atoms with Gasteiger partial charge in [-0.25, -0.2) is 4.79 Å². The van der Waals surface area contributed by atoms with Crippen LogP contribution in [0.25, 0.3) is 6.08 Å². The van der Waals surface area contributed by atoms with E-state index in [2.05, 4.69) is 10.6 Å². The third-order valence-corrected chi connectivity index (χ3v) is 4.36. The fraction of sp³-hybridized carbons (Fsp3) is 0.200. The van der Waals surface area contributed by atoms with Gasteiger partial charge in [0.25, 0.3) is 0 Å². The number of hydrogen-bond acceptors (Lipinski definition) is 4. The summed E-state index contributed by atoms with van der Waals surface area (Å²) in [6, 6.07) is 9.69. The minimum Gasteiger partial charge on any atom is -0.486 e. The van der Waals surface area contributed by atoms with Crippen LogP contribution in [0.1, 0.15) is 24.1 Å². The van der Waals surface area contributed by atoms with E-state index < -0.39 is 6.03 Å². The Morgan fingerprint density at radius 3 is 2.61 bits per heavy atom. The SMILES string of the molecule is CC(NC(=O)C=Cc1cc(Cl)c2c(c1)OCCO2)c1ccc(NC(N)=O)cc1. The lowest BCUT2D eigenvalue weighted by molar-refractivity contribution is -0.117. The first kappa shape index (κ1) is 19.6. The van der Waals surface area contributed by atoms with Crippen LogP contribution in [0.5, 0.6) is 11.5 Å². The fourth-order valence-electron chi connectivity index (χ4n) is 2.74. The molecule has 1 unspecified atom stereocenters. The normalized spacial score (nSPS) is 13.8. The van der Waals surface area contributed by atoms with Crippen molar-refractivity contribution in [2.75, 3.05) is 18.5 Å². The summed E-state index contributed by atoms with van der Waals surface area (Å²) in [5.41, 5.74) is 7.29. The van der Waals surface area contributed by atoms with Gasteiger partial charge in [-0.2, -0.15) is 0 Å². The zero-order valence-corrected chi connectivity index (χ0v) is 16.0. The average Bonchev–Trinajstić information content (AvgIpc) is 2.66. The standard InChI is InChI=1S/C20H20ClN3O4/c1-12(14-3-5-15(6-4-14)24-20(22)26)23-18(25)7-2-13-10-16(21)19-17(11-13)27-8-9-28-19/h2-7,10-12H,8-9H2,1H3,(H,23,25)(H3,22,24,26). The van der Waals surface area contributed by atoms with E-state index >= 15 is 0 Å². The molecule has 2 aromatic rings. The number of hydrogen-bond donors (Lipinski definition) is 3. The van der Waals surface area contributed by atoms with E-state index in [0.29, 0.717) is 35.4 Å². The smallest absolute Gasteiger partial charge is 0.316 e. The maximum Gasteiger partial charge on any atom is 0.316 e. The van der Waals surface area contributed by atoms with Crippen LogP contribution in [-0.4, -0.2) is 25.2 Å². The Kier molecular flexibility index (Phi) is 6.06. The zero-order chi connectivity index (χ0) is 20.1. The largest absolute Gasteiger partial charge is 0.486 e. The number of primary amides is 1. The molecule has 0 radical (unpaired) electrons. The number of ether oxygens (including phenoxy) is 2. The Bertz CT molecular complexity index is 912. The number of rotatable bonds is 5. The van der Waals surface area contributed by atoms with E-state index in [0.717, 1.165) is 11.1 Å². The van der Waals surface area contributed by atoms with E-state index in [1.165, 1.54) is 6.08 Å². The summed E-state index contributed by atoms with van der Waals surface area (Å²) < 4.78 is 11.0. The van der Waals surface area contributed by atoms with Gasteiger partial charge in [-0.05, 0) is 48.4 Å². The minimum absolute atomic E-state index is 0.219. The number of benzene rings is 2. The molecule has 3 amide bonds. The number of carbonyl (C=O) groups excluding carboxylic acids is 2. The predicted molar refractivity (Wildman–Crippen MR) is 108 cm³/mol. The van der Waals surface area contributed by atoms with Crippen molar-refractivity contribution in [3.05, 3.63) is 58.6 Å². The maximum absolute atomic E-state index is 12.2. The van der Waals surface area contributed by atoms with Crippen molar-refractivity contribution in [2.24, 2.45) is 5.73 Å². The Balaban J connectivity index is 1.62. The number of fused-ring (bicyclic) bond motifs is 1. The molecular weight excluding hydrogens is 382 g/mol. The van der Waals surface area contributed by atoms with Crippen molar-refractivity contribution in [3.63, 3.8) is 0 Å². The highest BCUT2D eigenvalue weighted by Crippen LogP contribution is 2.38. The molecule has 28 heavy (non-hydrogen) atoms. The molecule has 1 aliphatic rings. The van der Waals surface area contributed by atoms with Crippen LogP contribution in [0, 0.1) is 0 Å². The van der Waals surface area contributed by atoms with Crippen LogP contribution in [0.3, 0.4) is 0 Å². The third-order valence-electron chi connectivity index (χ3n) is 4.08. The summed E-state index contributed by atoms with van der Waals surface area (Å²) in [6.07, 6.45) is 3.09. The first-order valence-corrected chi connectivity index (χ1v) is 9.04. The summed E-state index contributed by atoms with van der Waals surface area (Å²) in [5, 5.41) is 5.80. The molecule has 4 N–H and O–H groups in total. The Labute approximate surface area is 167 Å². The molecule has 0 bridgehead atoms. The molecule has 0 aliphatic carbocycles. The topological polar surface area (TPSA) is 103 Å². The molecule has 2 aromatic carbocycles. The van der Waals surface area contributed by atoms with Crippen LogP contribution >= 0.6 is 11.6 Å². The molecule has 7 nitrogen and oxygen atoms in total. The average molecular weight is 402 g/mol. The van der Waals surface area contributed by atoms with Crippen molar-refractivity contribution < 1.29 is 19.1 Å². The van der Waals surface area contributed by atoms with Gasteiger partial charge in [0.2, 0.25) is 5.91 Å². The van der Waals surface area contributed by atoms with Crippen LogP contribution in [-0.2, 0) is 4.79 Å². The van der Waals surface area contributed by atoms with Gasteiger partial charge in [0.05, 0.1) is 11.1 Å². The summed E-state index contributed by atoms with van der Waals surface area (Å²) >= 11 is 6.20. The molecule has 1 aliphatic heterocycles. The molecular formula is C20H20ClN3O4. The molecule has 0 aromatic heterocycles. The summed E-state index contributed by atoms with van der Waals surface area (Å²) in [4.78, 5) is 23.1. The minimum atomic E-state index is -0.626. The fourth-order valence-corrected chi connectivity index (χ4v) is 3.01. The van der Waals surface area contributed by atoms with Crippen molar-refractivity contribution >= 4 is 35.3 Å². The second kappa shape index (κ2) is 8.67. The third kappa shape index (κ3) is 4.95. The number of amides is 3. The first-order chi connectivity index (χ1) is 13.4. The number of anilines is 1. The van der Waals surface area contributed by atoms with Gasteiger partial charge < -0.3 is 25.8 Å². The molecule has 1 heterocycles. The number of nitrogens with one attached hydrogen (secondary N) is 2. The Morgan fingerprint density at radius 2 is 1.89 bits per heavy atom. The number of carbonyl (C=O) groups is 2. The van der Waals surface area contributed by atoms with Gasteiger partial charge in [0.15, 0.2) is 11.5 Å². The van der Waals surface area contributed by atoms with Gasteiger partial charge in [-0.3, -0.25) is 4.79 Å². The quantitative estimate of drug-likeness (QED) is 0.667. The first-order valence-electron chi connectivity index (χ1n) is 8.66. The molecule has 1 atom stereocenters. The molecule has 0 fully saturated rings. The van der Waals surface area contributed by atoms with E-state index in [4.69, 9.17) is 26.8 Å². The van der Waals surface area contributed by atoms with E-state index in [9.17, 15) is 9.59 Å². The lowest BCUT2D eigenvalue weighted by Gasteiger charge is -2.19.